The second-order valence-electron chi connectivity index (χ2n) is 3.79. The lowest BCUT2D eigenvalue weighted by molar-refractivity contribution is -0.131. The van der Waals surface area contributed by atoms with E-state index in [9.17, 15) is 4.79 Å². The van der Waals surface area contributed by atoms with Crippen LogP contribution in [0.15, 0.2) is 22.7 Å². The molecule has 0 unspecified atom stereocenters. The zero-order chi connectivity index (χ0) is 14.3. The molecule has 0 aliphatic heterocycles. The van der Waals surface area contributed by atoms with Crippen LogP contribution in [0, 0.1) is 0 Å². The third-order valence-electron chi connectivity index (χ3n) is 2.40. The molecule has 0 radical (unpaired) electrons. The van der Waals surface area contributed by atoms with Crippen molar-refractivity contribution in [1.29, 1.82) is 0 Å². The summed E-state index contributed by atoms with van der Waals surface area (Å²) in [6.45, 7) is 5.14. The molecule has 1 aromatic rings. The number of halogens is 1. The summed E-state index contributed by atoms with van der Waals surface area (Å²) in [6.07, 6.45) is -0.420. The van der Waals surface area contributed by atoms with Crippen LogP contribution in [0.25, 0.3) is 0 Å². The average Bonchev–Trinajstić information content (AvgIpc) is 2.39. The van der Waals surface area contributed by atoms with Crippen molar-refractivity contribution < 1.29 is 14.3 Å². The molecule has 0 aliphatic carbocycles. The fourth-order valence-corrected chi connectivity index (χ4v) is 1.86. The van der Waals surface area contributed by atoms with Gasteiger partial charge >= 0.3 is 0 Å². The third-order valence-corrected chi connectivity index (χ3v) is 3.08. The van der Waals surface area contributed by atoms with E-state index in [2.05, 4.69) is 21.2 Å². The van der Waals surface area contributed by atoms with Gasteiger partial charge in [-0.25, -0.2) is 0 Å². The number of anilines is 1. The van der Waals surface area contributed by atoms with Gasteiger partial charge in [0.2, 0.25) is 0 Å². The molecule has 3 N–H and O–H groups in total. The summed E-state index contributed by atoms with van der Waals surface area (Å²) in [5.41, 5.74) is 6.80. The number of nitrogens with one attached hydrogen (secondary N) is 1. The minimum Gasteiger partial charge on any atom is -0.398 e. The molecular weight excluding hydrogens is 312 g/mol. The van der Waals surface area contributed by atoms with Crippen LogP contribution in [0.4, 0.5) is 5.69 Å². The minimum atomic E-state index is -0.420. The van der Waals surface area contributed by atoms with Crippen LogP contribution in [-0.4, -0.2) is 32.0 Å². The topological polar surface area (TPSA) is 73.6 Å². The van der Waals surface area contributed by atoms with E-state index in [1.807, 2.05) is 13.8 Å². The van der Waals surface area contributed by atoms with Gasteiger partial charge in [-0.2, -0.15) is 0 Å². The number of nitrogen functional groups attached to an aromatic ring is 1. The van der Waals surface area contributed by atoms with Gasteiger partial charge in [-0.15, -0.1) is 0 Å². The molecule has 106 valence electrons. The maximum Gasteiger partial charge on any atom is 0.251 e. The van der Waals surface area contributed by atoms with Gasteiger partial charge in [0, 0.05) is 28.9 Å². The molecule has 0 saturated carbocycles. The van der Waals surface area contributed by atoms with Gasteiger partial charge in [0.25, 0.3) is 5.91 Å². The highest BCUT2D eigenvalue weighted by molar-refractivity contribution is 9.10. The number of carbonyl (C=O) groups is 1. The molecule has 0 saturated heterocycles. The Morgan fingerprint density at radius 1 is 1.37 bits per heavy atom. The van der Waals surface area contributed by atoms with E-state index >= 15 is 0 Å². The highest BCUT2D eigenvalue weighted by atomic mass is 79.9. The normalized spacial score (nSPS) is 10.7. The van der Waals surface area contributed by atoms with Crippen molar-refractivity contribution in [3.05, 3.63) is 28.2 Å². The first kappa shape index (κ1) is 15.9. The monoisotopic (exact) mass is 330 g/mol. The van der Waals surface area contributed by atoms with Crippen LogP contribution in [0.3, 0.4) is 0 Å². The molecule has 0 bridgehead atoms. The number of carbonyl (C=O) groups excluding carboxylic acids is 1. The summed E-state index contributed by atoms with van der Waals surface area (Å²) in [7, 11) is 0. The number of benzene rings is 1. The molecule has 0 aromatic heterocycles. The van der Waals surface area contributed by atoms with E-state index in [0.717, 1.165) is 0 Å². The van der Waals surface area contributed by atoms with Crippen molar-refractivity contribution in [3.63, 3.8) is 0 Å². The molecule has 19 heavy (non-hydrogen) atoms. The van der Waals surface area contributed by atoms with Crippen LogP contribution in [0.1, 0.15) is 24.2 Å². The Bertz CT molecular complexity index is 420. The van der Waals surface area contributed by atoms with Gasteiger partial charge in [0.15, 0.2) is 6.29 Å². The fraction of sp³-hybridized carbons (Fsp3) is 0.462. The number of hydrogen-bond acceptors (Lipinski definition) is 4. The van der Waals surface area contributed by atoms with Gasteiger partial charge in [-0.05, 0) is 48.0 Å². The van der Waals surface area contributed by atoms with Crippen LogP contribution in [-0.2, 0) is 9.47 Å². The molecule has 1 aromatic carbocycles. The van der Waals surface area contributed by atoms with Gasteiger partial charge in [-0.1, -0.05) is 0 Å². The summed E-state index contributed by atoms with van der Waals surface area (Å²) in [5.74, 6) is -0.190. The van der Waals surface area contributed by atoms with Gasteiger partial charge in [-0.3, -0.25) is 4.79 Å². The first-order chi connectivity index (χ1) is 9.08. The van der Waals surface area contributed by atoms with E-state index in [1.165, 1.54) is 0 Å². The lowest BCUT2D eigenvalue weighted by atomic mass is 10.2. The molecule has 0 aliphatic rings. The Labute approximate surface area is 121 Å². The average molecular weight is 331 g/mol. The molecule has 6 heteroatoms. The fourth-order valence-electron chi connectivity index (χ4n) is 1.48. The van der Waals surface area contributed by atoms with E-state index in [0.29, 0.717) is 35.5 Å². The number of ether oxygens (including phenoxy) is 2. The van der Waals surface area contributed by atoms with Crippen LogP contribution in [0.2, 0.25) is 0 Å². The number of nitrogens with two attached hydrogens (primary N) is 1. The lowest BCUT2D eigenvalue weighted by Crippen LogP contribution is -2.35. The van der Waals surface area contributed by atoms with Crippen molar-refractivity contribution >= 4 is 27.5 Å². The van der Waals surface area contributed by atoms with Crippen LogP contribution >= 0.6 is 15.9 Å². The Morgan fingerprint density at radius 3 is 2.53 bits per heavy atom. The zero-order valence-electron chi connectivity index (χ0n) is 11.1. The van der Waals surface area contributed by atoms with E-state index in [-0.39, 0.29) is 5.91 Å². The Hall–Kier alpha value is -1.11. The largest absolute Gasteiger partial charge is 0.398 e. The second kappa shape index (κ2) is 8.14. The number of hydrogen-bond donors (Lipinski definition) is 2. The van der Waals surface area contributed by atoms with E-state index in [1.54, 1.807) is 18.2 Å². The quantitative estimate of drug-likeness (QED) is 0.593. The predicted octanol–water partition coefficient (Wildman–Crippen LogP) is 2.16. The number of rotatable bonds is 7. The van der Waals surface area contributed by atoms with Crippen molar-refractivity contribution in [2.24, 2.45) is 0 Å². The lowest BCUT2D eigenvalue weighted by Gasteiger charge is -2.17. The SMILES string of the molecule is CCOC(CNC(=O)c1ccc(N)c(Br)c1)OCC. The Balaban J connectivity index is 2.56. The summed E-state index contributed by atoms with van der Waals surface area (Å²) in [4.78, 5) is 11.9. The minimum absolute atomic E-state index is 0.190. The summed E-state index contributed by atoms with van der Waals surface area (Å²) in [5, 5.41) is 2.76. The molecule has 5 nitrogen and oxygen atoms in total. The first-order valence-electron chi connectivity index (χ1n) is 6.14. The predicted molar refractivity (Wildman–Crippen MR) is 77.9 cm³/mol. The highest BCUT2D eigenvalue weighted by Gasteiger charge is 2.12. The van der Waals surface area contributed by atoms with Gasteiger partial charge < -0.3 is 20.5 Å². The van der Waals surface area contributed by atoms with Gasteiger partial charge in [0.05, 0.1) is 6.54 Å². The summed E-state index contributed by atoms with van der Waals surface area (Å²) < 4.78 is 11.4. The molecular formula is C13H19BrN2O3. The van der Waals surface area contributed by atoms with Crippen molar-refractivity contribution in [1.82, 2.24) is 5.32 Å². The molecule has 1 amide bonds. The summed E-state index contributed by atoms with van der Waals surface area (Å²) in [6, 6.07) is 5.04. The molecule has 0 atom stereocenters. The maximum atomic E-state index is 11.9. The first-order valence-corrected chi connectivity index (χ1v) is 6.94. The van der Waals surface area contributed by atoms with Crippen LogP contribution < -0.4 is 11.1 Å². The molecule has 0 fully saturated rings. The van der Waals surface area contributed by atoms with Gasteiger partial charge in [0.1, 0.15) is 0 Å². The third kappa shape index (κ3) is 5.18. The smallest absolute Gasteiger partial charge is 0.251 e. The Kier molecular flexibility index (Phi) is 6.83. The highest BCUT2D eigenvalue weighted by Crippen LogP contribution is 2.20. The number of amides is 1. The van der Waals surface area contributed by atoms with E-state index < -0.39 is 6.29 Å². The molecule has 0 heterocycles. The van der Waals surface area contributed by atoms with Crippen LogP contribution in [0.5, 0.6) is 0 Å². The summed E-state index contributed by atoms with van der Waals surface area (Å²) >= 11 is 3.29. The van der Waals surface area contributed by atoms with Crippen molar-refractivity contribution in [2.45, 2.75) is 20.1 Å². The van der Waals surface area contributed by atoms with Crippen molar-refractivity contribution in [2.75, 3.05) is 25.5 Å². The van der Waals surface area contributed by atoms with E-state index in [4.69, 9.17) is 15.2 Å². The van der Waals surface area contributed by atoms with Crippen molar-refractivity contribution in [3.8, 4) is 0 Å². The molecule has 0 spiro atoms. The Morgan fingerprint density at radius 2 is 2.00 bits per heavy atom. The second-order valence-corrected chi connectivity index (χ2v) is 4.64. The maximum absolute atomic E-state index is 11.9. The standard InChI is InChI=1S/C13H19BrN2O3/c1-3-18-12(19-4-2)8-16-13(17)9-5-6-11(15)10(14)7-9/h5-7,12H,3-4,8,15H2,1-2H3,(H,16,17). The zero-order valence-corrected chi connectivity index (χ0v) is 12.7. The molecule has 1 rings (SSSR count).